The third-order valence-electron chi connectivity index (χ3n) is 3.82. The van der Waals surface area contributed by atoms with Gasteiger partial charge in [0.05, 0.1) is 0 Å². The second kappa shape index (κ2) is 5.95. The topological polar surface area (TPSA) is 92.9 Å². The maximum atomic E-state index is 11.8. The third-order valence-corrected chi connectivity index (χ3v) is 3.82. The standard InChI is InChI=1S/C13H22N4O2/c1-17-11(14)10(12(18)16-13(17)19)15-9-7-5-3-2-4-6-8-9/h9,15H,2-8,14H2,1H3,(H,16,18,19). The van der Waals surface area contributed by atoms with E-state index in [2.05, 4.69) is 10.3 Å². The van der Waals surface area contributed by atoms with Crippen LogP contribution < -0.4 is 22.3 Å². The molecule has 0 unspecified atom stereocenters. The zero-order chi connectivity index (χ0) is 13.8. The second-order valence-electron chi connectivity index (χ2n) is 5.26. The van der Waals surface area contributed by atoms with Gasteiger partial charge in [-0.3, -0.25) is 14.3 Å². The Kier molecular flexibility index (Phi) is 4.29. The number of H-pyrrole nitrogens is 1. The molecular weight excluding hydrogens is 244 g/mol. The highest BCUT2D eigenvalue weighted by Gasteiger charge is 2.16. The number of hydrogen-bond acceptors (Lipinski definition) is 4. The van der Waals surface area contributed by atoms with Gasteiger partial charge in [0, 0.05) is 13.1 Å². The Bertz CT molecular complexity index is 539. The van der Waals surface area contributed by atoms with Crippen molar-refractivity contribution in [1.29, 1.82) is 0 Å². The van der Waals surface area contributed by atoms with Gasteiger partial charge in [0.2, 0.25) is 0 Å². The summed E-state index contributed by atoms with van der Waals surface area (Å²) in [6.07, 6.45) is 8.22. The first-order valence-corrected chi connectivity index (χ1v) is 6.95. The fraction of sp³-hybridized carbons (Fsp3) is 0.692. The Hall–Kier alpha value is -1.72. The maximum absolute atomic E-state index is 11.8. The summed E-state index contributed by atoms with van der Waals surface area (Å²) in [7, 11) is 1.55. The van der Waals surface area contributed by atoms with E-state index in [1.165, 1.54) is 36.7 Å². The van der Waals surface area contributed by atoms with Crippen LogP contribution in [0.15, 0.2) is 9.59 Å². The van der Waals surface area contributed by atoms with Gasteiger partial charge in [0.25, 0.3) is 5.56 Å². The van der Waals surface area contributed by atoms with Gasteiger partial charge in [-0.05, 0) is 12.8 Å². The van der Waals surface area contributed by atoms with Crippen molar-refractivity contribution in [3.8, 4) is 0 Å². The molecule has 1 fully saturated rings. The van der Waals surface area contributed by atoms with Gasteiger partial charge < -0.3 is 11.1 Å². The average molecular weight is 266 g/mol. The SMILES string of the molecule is Cn1c(N)c(NC2CCCCCCC2)c(=O)[nH]c1=O. The van der Waals surface area contributed by atoms with Crippen LogP contribution in [0.1, 0.15) is 44.9 Å². The minimum Gasteiger partial charge on any atom is -0.383 e. The van der Waals surface area contributed by atoms with Gasteiger partial charge in [-0.2, -0.15) is 0 Å². The lowest BCUT2D eigenvalue weighted by molar-refractivity contribution is 0.471. The van der Waals surface area contributed by atoms with Gasteiger partial charge in [0.1, 0.15) is 11.5 Å². The summed E-state index contributed by atoms with van der Waals surface area (Å²) in [5, 5.41) is 3.22. The fourth-order valence-corrected chi connectivity index (χ4v) is 2.58. The van der Waals surface area contributed by atoms with E-state index in [4.69, 9.17) is 5.73 Å². The lowest BCUT2D eigenvalue weighted by atomic mass is 9.96. The molecule has 4 N–H and O–H groups in total. The van der Waals surface area contributed by atoms with Crippen molar-refractivity contribution in [2.24, 2.45) is 7.05 Å². The van der Waals surface area contributed by atoms with Gasteiger partial charge in [-0.15, -0.1) is 0 Å². The number of aromatic amines is 1. The van der Waals surface area contributed by atoms with Crippen molar-refractivity contribution in [1.82, 2.24) is 9.55 Å². The van der Waals surface area contributed by atoms with Crippen molar-refractivity contribution in [2.45, 2.75) is 51.0 Å². The van der Waals surface area contributed by atoms with Crippen LogP contribution in [0.2, 0.25) is 0 Å². The Balaban J connectivity index is 2.20. The van der Waals surface area contributed by atoms with Crippen molar-refractivity contribution < 1.29 is 0 Å². The van der Waals surface area contributed by atoms with E-state index >= 15 is 0 Å². The van der Waals surface area contributed by atoms with Crippen LogP contribution in [-0.4, -0.2) is 15.6 Å². The summed E-state index contributed by atoms with van der Waals surface area (Å²) in [5.74, 6) is 0.204. The van der Waals surface area contributed by atoms with Crippen LogP contribution in [0.3, 0.4) is 0 Å². The highest BCUT2D eigenvalue weighted by Crippen LogP contribution is 2.21. The van der Waals surface area contributed by atoms with Crippen molar-refractivity contribution in [2.75, 3.05) is 11.1 Å². The number of hydrogen-bond donors (Lipinski definition) is 3. The molecule has 0 amide bonds. The molecule has 1 aromatic heterocycles. The lowest BCUT2D eigenvalue weighted by Gasteiger charge is -2.22. The van der Waals surface area contributed by atoms with E-state index in [-0.39, 0.29) is 11.9 Å². The summed E-state index contributed by atoms with van der Waals surface area (Å²) in [6.45, 7) is 0. The molecule has 106 valence electrons. The quantitative estimate of drug-likeness (QED) is 0.749. The predicted octanol–water partition coefficient (Wildman–Crippen LogP) is 1.18. The molecule has 0 saturated heterocycles. The van der Waals surface area contributed by atoms with Gasteiger partial charge in [-0.25, -0.2) is 4.79 Å². The number of nitrogens with two attached hydrogens (primary N) is 1. The Morgan fingerprint density at radius 3 is 2.37 bits per heavy atom. The molecule has 0 radical (unpaired) electrons. The van der Waals surface area contributed by atoms with E-state index in [0.29, 0.717) is 5.69 Å². The van der Waals surface area contributed by atoms with E-state index in [1.807, 2.05) is 0 Å². The largest absolute Gasteiger partial charge is 0.383 e. The molecule has 1 aliphatic rings. The molecule has 1 saturated carbocycles. The van der Waals surface area contributed by atoms with Crippen LogP contribution in [0.5, 0.6) is 0 Å². The molecule has 0 aliphatic heterocycles. The maximum Gasteiger partial charge on any atom is 0.329 e. The van der Waals surface area contributed by atoms with E-state index in [1.54, 1.807) is 7.05 Å². The lowest BCUT2D eigenvalue weighted by Crippen LogP contribution is -2.34. The molecule has 0 bridgehead atoms. The first kappa shape index (κ1) is 13.7. The molecule has 19 heavy (non-hydrogen) atoms. The molecule has 6 heteroatoms. The second-order valence-corrected chi connectivity index (χ2v) is 5.26. The number of aromatic nitrogens is 2. The highest BCUT2D eigenvalue weighted by molar-refractivity contribution is 5.60. The predicted molar refractivity (Wildman–Crippen MR) is 76.4 cm³/mol. The summed E-state index contributed by atoms with van der Waals surface area (Å²) >= 11 is 0. The molecular formula is C13H22N4O2. The van der Waals surface area contributed by atoms with Crippen molar-refractivity contribution in [3.63, 3.8) is 0 Å². The van der Waals surface area contributed by atoms with E-state index < -0.39 is 11.2 Å². The van der Waals surface area contributed by atoms with Crippen LogP contribution in [0.4, 0.5) is 11.5 Å². The molecule has 1 heterocycles. The Morgan fingerprint density at radius 2 is 1.74 bits per heavy atom. The van der Waals surface area contributed by atoms with E-state index in [9.17, 15) is 9.59 Å². The zero-order valence-electron chi connectivity index (χ0n) is 11.4. The van der Waals surface area contributed by atoms with Gasteiger partial charge >= 0.3 is 5.69 Å². The highest BCUT2D eigenvalue weighted by atomic mass is 16.2. The molecule has 0 atom stereocenters. The first-order chi connectivity index (χ1) is 9.09. The summed E-state index contributed by atoms with van der Waals surface area (Å²) in [4.78, 5) is 25.5. The first-order valence-electron chi connectivity index (χ1n) is 6.95. The smallest absolute Gasteiger partial charge is 0.329 e. The van der Waals surface area contributed by atoms with Crippen LogP contribution >= 0.6 is 0 Å². The average Bonchev–Trinajstić information content (AvgIpc) is 2.34. The molecule has 0 aromatic carbocycles. The zero-order valence-corrected chi connectivity index (χ0v) is 11.4. The number of nitrogens with zero attached hydrogens (tertiary/aromatic N) is 1. The van der Waals surface area contributed by atoms with Gasteiger partial charge in [-0.1, -0.05) is 32.1 Å². The number of anilines is 2. The van der Waals surface area contributed by atoms with Crippen LogP contribution in [0, 0.1) is 0 Å². The molecule has 2 rings (SSSR count). The molecule has 1 aliphatic carbocycles. The van der Waals surface area contributed by atoms with Crippen LogP contribution in [-0.2, 0) is 7.05 Å². The van der Waals surface area contributed by atoms with Crippen LogP contribution in [0.25, 0.3) is 0 Å². The number of nitrogens with one attached hydrogen (secondary N) is 2. The molecule has 0 spiro atoms. The summed E-state index contributed by atoms with van der Waals surface area (Å²) in [6, 6.07) is 0.265. The van der Waals surface area contributed by atoms with Crippen molar-refractivity contribution in [3.05, 3.63) is 20.8 Å². The minimum absolute atomic E-state index is 0.204. The Labute approximate surface area is 112 Å². The van der Waals surface area contributed by atoms with Gasteiger partial charge in [0.15, 0.2) is 0 Å². The third kappa shape index (κ3) is 3.19. The normalized spacial score (nSPS) is 17.7. The monoisotopic (exact) mass is 266 g/mol. The molecule has 1 aromatic rings. The summed E-state index contributed by atoms with van der Waals surface area (Å²) < 4.78 is 1.26. The number of nitrogen functional groups attached to an aromatic ring is 1. The molecule has 6 nitrogen and oxygen atoms in total. The Morgan fingerprint density at radius 1 is 1.16 bits per heavy atom. The fourth-order valence-electron chi connectivity index (χ4n) is 2.58. The number of rotatable bonds is 2. The minimum atomic E-state index is -0.481. The van der Waals surface area contributed by atoms with Crippen molar-refractivity contribution >= 4 is 11.5 Å². The van der Waals surface area contributed by atoms with E-state index in [0.717, 1.165) is 12.8 Å². The summed E-state index contributed by atoms with van der Waals surface area (Å²) in [5.41, 5.74) is 5.27.